The number of likely N-dealkylation sites (N-methyl/N-ethyl adjacent to an activating group) is 1. The number of nitrogens with zero attached hydrogens (tertiary/aromatic N) is 1. The van der Waals surface area contributed by atoms with Crippen molar-refractivity contribution >= 4 is 5.69 Å². The molecule has 0 saturated heterocycles. The van der Waals surface area contributed by atoms with E-state index in [1.807, 2.05) is 18.2 Å². The molecule has 1 saturated carbocycles. The van der Waals surface area contributed by atoms with Crippen LogP contribution in [0.1, 0.15) is 25.7 Å². The Morgan fingerprint density at radius 2 is 1.80 bits per heavy atom. The molecule has 0 aromatic heterocycles. The molecule has 1 fully saturated rings. The Morgan fingerprint density at radius 1 is 1.13 bits per heavy atom. The number of hydrogen-bond donors (Lipinski definition) is 1. The van der Waals surface area contributed by atoms with E-state index in [0.717, 1.165) is 12.8 Å². The van der Waals surface area contributed by atoms with Gasteiger partial charge < -0.3 is 10.0 Å². The largest absolute Gasteiger partial charge is 0.391 e. The van der Waals surface area contributed by atoms with Crippen LogP contribution in [-0.4, -0.2) is 24.3 Å². The Bertz CT molecular complexity index is 299. The summed E-state index contributed by atoms with van der Waals surface area (Å²) in [5.74, 6) is 0. The number of aliphatic hydroxyl groups excluding tert-OH is 1. The van der Waals surface area contributed by atoms with Crippen molar-refractivity contribution in [3.63, 3.8) is 0 Å². The second-order valence-corrected chi connectivity index (χ2v) is 4.37. The Labute approximate surface area is 91.5 Å². The lowest BCUT2D eigenvalue weighted by Gasteiger charge is -2.36. The molecule has 0 aliphatic heterocycles. The molecule has 1 aromatic rings. The molecule has 0 radical (unpaired) electrons. The molecule has 0 bridgehead atoms. The quantitative estimate of drug-likeness (QED) is 0.801. The van der Waals surface area contributed by atoms with Crippen LogP contribution in [0.2, 0.25) is 0 Å². The highest BCUT2D eigenvalue weighted by Gasteiger charge is 2.26. The van der Waals surface area contributed by atoms with Crippen LogP contribution >= 0.6 is 0 Å². The minimum atomic E-state index is -0.163. The van der Waals surface area contributed by atoms with Crippen molar-refractivity contribution in [3.05, 3.63) is 30.3 Å². The number of anilines is 1. The molecule has 82 valence electrons. The van der Waals surface area contributed by atoms with Gasteiger partial charge in [0.25, 0.3) is 0 Å². The Balaban J connectivity index is 2.09. The predicted octanol–water partition coefficient (Wildman–Crippen LogP) is 2.43. The van der Waals surface area contributed by atoms with E-state index in [1.165, 1.54) is 18.5 Å². The van der Waals surface area contributed by atoms with E-state index in [0.29, 0.717) is 6.04 Å². The van der Waals surface area contributed by atoms with Crippen molar-refractivity contribution in [2.75, 3.05) is 11.9 Å². The maximum atomic E-state index is 9.96. The molecule has 0 unspecified atom stereocenters. The van der Waals surface area contributed by atoms with Crippen molar-refractivity contribution in [3.8, 4) is 0 Å². The monoisotopic (exact) mass is 205 g/mol. The Kier molecular flexibility index (Phi) is 3.27. The number of benzene rings is 1. The van der Waals surface area contributed by atoms with Crippen molar-refractivity contribution in [2.45, 2.75) is 37.8 Å². The number of hydrogen-bond acceptors (Lipinski definition) is 2. The zero-order valence-electron chi connectivity index (χ0n) is 9.26. The molecular weight excluding hydrogens is 186 g/mol. The molecule has 2 nitrogen and oxygen atoms in total. The van der Waals surface area contributed by atoms with Crippen LogP contribution in [-0.2, 0) is 0 Å². The normalized spacial score (nSPS) is 26.3. The van der Waals surface area contributed by atoms with E-state index in [2.05, 4.69) is 24.1 Å². The smallest absolute Gasteiger partial charge is 0.0743 e. The lowest BCUT2D eigenvalue weighted by Crippen LogP contribution is -2.43. The summed E-state index contributed by atoms with van der Waals surface area (Å²) in [6.07, 6.45) is 4.29. The van der Waals surface area contributed by atoms with E-state index >= 15 is 0 Å². The summed E-state index contributed by atoms with van der Waals surface area (Å²) in [6.45, 7) is 0. The highest BCUT2D eigenvalue weighted by Crippen LogP contribution is 2.26. The van der Waals surface area contributed by atoms with Crippen LogP contribution in [0.3, 0.4) is 0 Å². The van der Waals surface area contributed by atoms with Gasteiger partial charge in [0, 0.05) is 12.7 Å². The molecule has 2 heteroatoms. The first kappa shape index (κ1) is 10.5. The first-order valence-corrected chi connectivity index (χ1v) is 5.75. The lowest BCUT2D eigenvalue weighted by molar-refractivity contribution is 0.106. The zero-order chi connectivity index (χ0) is 10.7. The summed E-state index contributed by atoms with van der Waals surface area (Å²) in [5.41, 5.74) is 1.20. The minimum Gasteiger partial charge on any atom is -0.391 e. The Hall–Kier alpha value is -1.02. The van der Waals surface area contributed by atoms with Crippen LogP contribution in [0.4, 0.5) is 5.69 Å². The first-order chi connectivity index (χ1) is 7.29. The molecule has 2 atom stereocenters. The van der Waals surface area contributed by atoms with Gasteiger partial charge in [0.05, 0.1) is 12.1 Å². The van der Waals surface area contributed by atoms with Gasteiger partial charge in [-0.3, -0.25) is 0 Å². The van der Waals surface area contributed by atoms with Crippen LogP contribution in [0.15, 0.2) is 30.3 Å². The van der Waals surface area contributed by atoms with Gasteiger partial charge >= 0.3 is 0 Å². The highest BCUT2D eigenvalue weighted by atomic mass is 16.3. The van der Waals surface area contributed by atoms with Gasteiger partial charge in [-0.05, 0) is 25.0 Å². The van der Waals surface area contributed by atoms with Crippen LogP contribution in [0.5, 0.6) is 0 Å². The standard InChI is InChI=1S/C13H19NO/c1-14(11-7-3-2-4-8-11)12-9-5-6-10-13(12)15/h2-4,7-8,12-13,15H,5-6,9-10H2,1H3/t12-,13+/m0/s1. The van der Waals surface area contributed by atoms with Crippen LogP contribution in [0, 0.1) is 0 Å². The maximum Gasteiger partial charge on any atom is 0.0743 e. The van der Waals surface area contributed by atoms with Gasteiger partial charge in [0.1, 0.15) is 0 Å². The topological polar surface area (TPSA) is 23.5 Å². The van der Waals surface area contributed by atoms with E-state index in [4.69, 9.17) is 0 Å². The molecule has 0 spiro atoms. The molecule has 2 rings (SSSR count). The third kappa shape index (κ3) is 2.32. The van der Waals surface area contributed by atoms with Crippen molar-refractivity contribution in [1.82, 2.24) is 0 Å². The molecule has 1 aliphatic carbocycles. The van der Waals surface area contributed by atoms with E-state index in [-0.39, 0.29) is 6.10 Å². The zero-order valence-corrected chi connectivity index (χ0v) is 9.26. The molecule has 1 aliphatic rings. The van der Waals surface area contributed by atoms with Crippen molar-refractivity contribution < 1.29 is 5.11 Å². The van der Waals surface area contributed by atoms with Crippen LogP contribution in [0.25, 0.3) is 0 Å². The minimum absolute atomic E-state index is 0.163. The van der Waals surface area contributed by atoms with Gasteiger partial charge in [-0.15, -0.1) is 0 Å². The lowest BCUT2D eigenvalue weighted by atomic mass is 9.91. The average molecular weight is 205 g/mol. The third-order valence-corrected chi connectivity index (χ3v) is 3.35. The predicted molar refractivity (Wildman–Crippen MR) is 63.1 cm³/mol. The van der Waals surface area contributed by atoms with E-state index < -0.39 is 0 Å². The summed E-state index contributed by atoms with van der Waals surface area (Å²) in [6, 6.07) is 10.6. The van der Waals surface area contributed by atoms with Gasteiger partial charge in [-0.25, -0.2) is 0 Å². The van der Waals surface area contributed by atoms with E-state index in [9.17, 15) is 5.11 Å². The first-order valence-electron chi connectivity index (χ1n) is 5.75. The highest BCUT2D eigenvalue weighted by molar-refractivity contribution is 5.46. The SMILES string of the molecule is CN(c1ccccc1)[C@H]1CCCC[C@H]1O. The van der Waals surface area contributed by atoms with Crippen molar-refractivity contribution in [2.24, 2.45) is 0 Å². The fraction of sp³-hybridized carbons (Fsp3) is 0.538. The van der Waals surface area contributed by atoms with Gasteiger partial charge in [0.2, 0.25) is 0 Å². The Morgan fingerprint density at radius 3 is 2.47 bits per heavy atom. The van der Waals surface area contributed by atoms with Gasteiger partial charge in [0.15, 0.2) is 0 Å². The summed E-state index contributed by atoms with van der Waals surface area (Å²) >= 11 is 0. The molecule has 0 amide bonds. The van der Waals surface area contributed by atoms with Crippen LogP contribution < -0.4 is 4.90 Å². The van der Waals surface area contributed by atoms with E-state index in [1.54, 1.807) is 0 Å². The molecule has 15 heavy (non-hydrogen) atoms. The summed E-state index contributed by atoms with van der Waals surface area (Å²) < 4.78 is 0. The molecule has 1 N–H and O–H groups in total. The maximum absolute atomic E-state index is 9.96. The molecule has 1 aromatic carbocycles. The van der Waals surface area contributed by atoms with Gasteiger partial charge in [-0.1, -0.05) is 31.0 Å². The number of aliphatic hydroxyl groups is 1. The molecule has 0 heterocycles. The van der Waals surface area contributed by atoms with Gasteiger partial charge in [-0.2, -0.15) is 0 Å². The summed E-state index contributed by atoms with van der Waals surface area (Å²) in [4.78, 5) is 2.21. The average Bonchev–Trinajstić information content (AvgIpc) is 2.30. The summed E-state index contributed by atoms with van der Waals surface area (Å²) in [7, 11) is 2.08. The number of para-hydroxylation sites is 1. The van der Waals surface area contributed by atoms with Crippen molar-refractivity contribution in [1.29, 1.82) is 0 Å². The second-order valence-electron chi connectivity index (χ2n) is 4.37. The molecular formula is C13H19NO. The fourth-order valence-corrected chi connectivity index (χ4v) is 2.40. The summed E-state index contributed by atoms with van der Waals surface area (Å²) in [5, 5.41) is 9.96. The second kappa shape index (κ2) is 4.67. The number of rotatable bonds is 2. The fourth-order valence-electron chi connectivity index (χ4n) is 2.40. The third-order valence-electron chi connectivity index (χ3n) is 3.35.